The molecular formula is C16H32O4Ti. The molecule has 0 saturated carbocycles. The molecule has 0 saturated heterocycles. The minimum atomic E-state index is -1.61. The maximum absolute atomic E-state index is 10.4. The van der Waals surface area contributed by atoms with Gasteiger partial charge in [0.1, 0.15) is 0 Å². The fourth-order valence-corrected chi connectivity index (χ4v) is 2.00. The van der Waals surface area contributed by atoms with Gasteiger partial charge in [-0.05, 0) is 0 Å². The zero-order chi connectivity index (χ0) is 16.0. The van der Waals surface area contributed by atoms with E-state index in [0.29, 0.717) is 0 Å². The van der Waals surface area contributed by atoms with Crippen molar-refractivity contribution in [2.75, 3.05) is 0 Å². The van der Waals surface area contributed by atoms with E-state index in [4.69, 9.17) is 0 Å². The van der Waals surface area contributed by atoms with Crippen molar-refractivity contribution in [2.24, 2.45) is 11.8 Å². The van der Waals surface area contributed by atoms with Gasteiger partial charge in [0.25, 0.3) is 0 Å². The second kappa shape index (κ2) is 18.6. The van der Waals surface area contributed by atoms with Crippen molar-refractivity contribution in [1.82, 2.24) is 0 Å². The molecule has 0 aromatic rings. The van der Waals surface area contributed by atoms with Crippen LogP contribution in [0.15, 0.2) is 0 Å². The Morgan fingerprint density at radius 3 is 1.05 bits per heavy atom. The van der Waals surface area contributed by atoms with Crippen LogP contribution in [0.2, 0.25) is 0 Å². The van der Waals surface area contributed by atoms with Crippen molar-refractivity contribution in [3.8, 4) is 0 Å². The normalized spacial score (nSPS) is 13.4. The molecule has 21 heavy (non-hydrogen) atoms. The third kappa shape index (κ3) is 16.7. The van der Waals surface area contributed by atoms with Crippen LogP contribution in [0.25, 0.3) is 0 Å². The van der Waals surface area contributed by atoms with Crippen LogP contribution in [0, 0.1) is 11.8 Å². The van der Waals surface area contributed by atoms with Crippen LogP contribution in [0.4, 0.5) is 0 Å². The molecule has 0 fully saturated rings. The average Bonchev–Trinajstić information content (AvgIpc) is 2.40. The van der Waals surface area contributed by atoms with Gasteiger partial charge in [0.05, 0.1) is 0 Å². The van der Waals surface area contributed by atoms with Gasteiger partial charge in [-0.15, -0.1) is 0 Å². The molecule has 0 bridgehead atoms. The summed E-state index contributed by atoms with van der Waals surface area (Å²) in [5, 5.41) is 41.6. The number of hydrogen-bond donors (Lipinski definition) is 0. The Morgan fingerprint density at radius 2 is 0.905 bits per heavy atom. The summed E-state index contributed by atoms with van der Waals surface area (Å²) in [6.45, 7) is 7.95. The van der Waals surface area contributed by atoms with E-state index < -0.39 is 12.6 Å². The third-order valence-corrected chi connectivity index (χ3v) is 3.68. The van der Waals surface area contributed by atoms with E-state index >= 15 is 0 Å². The molecular weight excluding hydrogens is 304 g/mol. The molecule has 124 valence electrons. The monoisotopic (exact) mass is 336 g/mol. The first-order chi connectivity index (χ1) is 9.44. The van der Waals surface area contributed by atoms with E-state index in [9.17, 15) is 20.4 Å². The summed E-state index contributed by atoms with van der Waals surface area (Å²) in [5.74, 6) is -0.278. The Morgan fingerprint density at radius 1 is 0.619 bits per heavy atom. The summed E-state index contributed by atoms with van der Waals surface area (Å²) in [6, 6.07) is 0. The topological polar surface area (TPSA) is 92.2 Å². The van der Waals surface area contributed by atoms with Gasteiger partial charge in [0.15, 0.2) is 0 Å². The van der Waals surface area contributed by atoms with E-state index in [1.165, 1.54) is 0 Å². The molecule has 0 aliphatic carbocycles. The molecule has 0 aromatic carbocycles. The molecule has 0 aromatic heterocycles. The summed E-state index contributed by atoms with van der Waals surface area (Å²) >= 11 is 0. The Labute approximate surface area is 145 Å². The second-order valence-electron chi connectivity index (χ2n) is 5.36. The van der Waals surface area contributed by atoms with E-state index in [2.05, 4.69) is 13.8 Å². The van der Waals surface area contributed by atoms with Gasteiger partial charge in [-0.25, -0.2) is 12.6 Å². The van der Waals surface area contributed by atoms with Crippen LogP contribution < -0.4 is 20.4 Å². The Hall–Kier alpha value is 0.554. The maximum atomic E-state index is 10.4. The molecule has 0 heterocycles. The van der Waals surface area contributed by atoms with Crippen molar-refractivity contribution >= 4 is 0 Å². The van der Waals surface area contributed by atoms with Gasteiger partial charge >= 0.3 is 21.7 Å². The standard InChI is InChI=1S/2C8H16O2.Ti/c2*1-3-5-6-7(4-2)8(9)10;/h2*7-8H,3-6H2,1-2H3;/q2*-2;+4. The molecule has 2 unspecified atom stereocenters. The molecule has 0 aliphatic rings. The summed E-state index contributed by atoms with van der Waals surface area (Å²) in [7, 11) is 0. The molecule has 5 heteroatoms. The van der Waals surface area contributed by atoms with Crippen molar-refractivity contribution in [1.29, 1.82) is 0 Å². The minimum Gasteiger partial charge on any atom is -0.865 e. The first-order valence-electron chi connectivity index (χ1n) is 8.07. The SMILES string of the molecule is CCCCC(CC)C([O-])[O-].CCCCC(CC)C([O-])[O-].[Ti+4]. The molecule has 0 amide bonds. The molecule has 2 atom stereocenters. The van der Waals surface area contributed by atoms with Crippen LogP contribution >= 0.6 is 0 Å². The Bertz CT molecular complexity index is 169. The van der Waals surface area contributed by atoms with Crippen LogP contribution in [0.3, 0.4) is 0 Å². The van der Waals surface area contributed by atoms with Gasteiger partial charge in [-0.3, -0.25) is 0 Å². The fourth-order valence-electron chi connectivity index (χ4n) is 2.00. The molecule has 0 spiro atoms. The number of rotatable bonds is 10. The van der Waals surface area contributed by atoms with Gasteiger partial charge in [0, 0.05) is 0 Å². The molecule has 0 radical (unpaired) electrons. The predicted octanol–water partition coefficient (Wildman–Crippen LogP) is 0.497. The molecule has 0 rings (SSSR count). The zero-order valence-corrected chi connectivity index (χ0v) is 15.7. The quantitative estimate of drug-likeness (QED) is 0.429. The summed E-state index contributed by atoms with van der Waals surface area (Å²) in [5.41, 5.74) is 0. The third-order valence-electron chi connectivity index (χ3n) is 3.68. The van der Waals surface area contributed by atoms with Crippen molar-refractivity contribution in [2.45, 2.75) is 91.6 Å². The first-order valence-corrected chi connectivity index (χ1v) is 8.07. The zero-order valence-electron chi connectivity index (χ0n) is 14.1. The van der Waals surface area contributed by atoms with E-state index in [-0.39, 0.29) is 33.6 Å². The van der Waals surface area contributed by atoms with Crippen molar-refractivity contribution in [3.05, 3.63) is 0 Å². The van der Waals surface area contributed by atoms with Gasteiger partial charge in [-0.2, -0.15) is 0 Å². The van der Waals surface area contributed by atoms with Gasteiger partial charge in [0.2, 0.25) is 0 Å². The predicted molar refractivity (Wildman–Crippen MR) is 74.2 cm³/mol. The average molecular weight is 336 g/mol. The Balaban J connectivity index is -0.000000295. The van der Waals surface area contributed by atoms with E-state index in [1.54, 1.807) is 0 Å². The summed E-state index contributed by atoms with van der Waals surface area (Å²) in [4.78, 5) is 0. The van der Waals surface area contributed by atoms with Gasteiger partial charge < -0.3 is 20.4 Å². The van der Waals surface area contributed by atoms with E-state index in [1.807, 2.05) is 13.8 Å². The Kier molecular flexibility index (Phi) is 23.4. The smallest absolute Gasteiger partial charge is 0.865 e. The van der Waals surface area contributed by atoms with Crippen molar-refractivity contribution < 1.29 is 42.1 Å². The molecule has 4 nitrogen and oxygen atoms in total. The second-order valence-corrected chi connectivity index (χ2v) is 5.36. The summed E-state index contributed by atoms with van der Waals surface area (Å²) in [6.07, 6.45) is 4.03. The van der Waals surface area contributed by atoms with Gasteiger partial charge in [-0.1, -0.05) is 90.9 Å². The molecule has 0 aliphatic heterocycles. The van der Waals surface area contributed by atoms with Crippen molar-refractivity contribution in [3.63, 3.8) is 0 Å². The summed E-state index contributed by atoms with van der Waals surface area (Å²) < 4.78 is 0. The fraction of sp³-hybridized carbons (Fsp3) is 1.00. The maximum Gasteiger partial charge on any atom is 4.00 e. The van der Waals surface area contributed by atoms with E-state index in [0.717, 1.165) is 51.4 Å². The number of unbranched alkanes of at least 4 members (excludes halogenated alkanes) is 2. The van der Waals surface area contributed by atoms with Crippen LogP contribution in [-0.2, 0) is 21.7 Å². The molecule has 0 N–H and O–H groups in total. The largest absolute Gasteiger partial charge is 4.00 e. The van der Waals surface area contributed by atoms with Crippen LogP contribution in [0.1, 0.15) is 79.1 Å². The van der Waals surface area contributed by atoms with Crippen LogP contribution in [0.5, 0.6) is 0 Å². The minimum absolute atomic E-state index is 0. The van der Waals surface area contributed by atoms with Crippen LogP contribution in [-0.4, -0.2) is 12.6 Å². The first kappa shape index (κ1) is 26.5. The number of hydrogen-bond acceptors (Lipinski definition) is 4.